The van der Waals surface area contributed by atoms with Crippen LogP contribution in [0.1, 0.15) is 45.0 Å². The minimum absolute atomic E-state index is 0.177. The van der Waals surface area contributed by atoms with E-state index in [9.17, 15) is 0 Å². The highest BCUT2D eigenvalue weighted by atomic mass is 32.1. The number of thiazole rings is 1. The molecule has 1 saturated carbocycles. The Kier molecular flexibility index (Phi) is 2.63. The van der Waals surface area contributed by atoms with Gasteiger partial charge >= 0.3 is 0 Å². The molecule has 1 aliphatic rings. The first-order valence-corrected chi connectivity index (χ1v) is 6.51. The Morgan fingerprint density at radius 1 is 1.47 bits per heavy atom. The molecule has 0 spiro atoms. The molecule has 2 N–H and O–H groups in total. The summed E-state index contributed by atoms with van der Waals surface area (Å²) in [6.07, 6.45) is 5.33. The number of nitrogens with two attached hydrogens (primary N) is 1. The summed E-state index contributed by atoms with van der Waals surface area (Å²) in [6.45, 7) is 6.94. The maximum Gasteiger partial charge on any atom is 0.113 e. The largest absolute Gasteiger partial charge is 0.319 e. The van der Waals surface area contributed by atoms with Crippen LogP contribution in [0, 0.1) is 11.3 Å². The molecule has 0 aromatic carbocycles. The first-order valence-electron chi connectivity index (χ1n) is 5.63. The Hall–Kier alpha value is -0.410. The molecule has 0 amide bonds. The van der Waals surface area contributed by atoms with Crippen LogP contribution in [0.4, 0.5) is 0 Å². The van der Waals surface area contributed by atoms with Crippen molar-refractivity contribution in [2.24, 2.45) is 17.1 Å². The molecule has 15 heavy (non-hydrogen) atoms. The Bertz CT molecular complexity index is 331. The molecular weight excluding hydrogens is 204 g/mol. The molecule has 0 saturated heterocycles. The van der Waals surface area contributed by atoms with Crippen LogP contribution in [-0.4, -0.2) is 4.98 Å². The van der Waals surface area contributed by atoms with Gasteiger partial charge in [-0.05, 0) is 30.6 Å². The van der Waals surface area contributed by atoms with Crippen molar-refractivity contribution < 1.29 is 0 Å². The van der Waals surface area contributed by atoms with Crippen LogP contribution in [0.5, 0.6) is 0 Å². The quantitative estimate of drug-likeness (QED) is 0.796. The van der Waals surface area contributed by atoms with E-state index in [1.807, 2.05) is 11.6 Å². The lowest BCUT2D eigenvalue weighted by molar-refractivity contribution is 0.101. The van der Waals surface area contributed by atoms with Crippen molar-refractivity contribution in [3.63, 3.8) is 0 Å². The summed E-state index contributed by atoms with van der Waals surface area (Å²) in [4.78, 5) is 4.40. The molecule has 2 nitrogen and oxygen atoms in total. The fraction of sp³-hybridized carbons (Fsp3) is 0.750. The van der Waals surface area contributed by atoms with Gasteiger partial charge < -0.3 is 5.73 Å². The zero-order valence-electron chi connectivity index (χ0n) is 9.79. The number of hydrogen-bond donors (Lipinski definition) is 1. The van der Waals surface area contributed by atoms with Crippen molar-refractivity contribution in [3.8, 4) is 0 Å². The normalized spacial score (nSPS) is 35.3. The molecule has 2 unspecified atom stereocenters. The minimum Gasteiger partial charge on any atom is -0.319 e. The van der Waals surface area contributed by atoms with E-state index in [4.69, 9.17) is 5.73 Å². The van der Waals surface area contributed by atoms with Crippen LogP contribution in [0.3, 0.4) is 0 Å². The lowest BCUT2D eigenvalue weighted by Crippen LogP contribution is -2.48. The van der Waals surface area contributed by atoms with Gasteiger partial charge in [0.25, 0.3) is 0 Å². The molecule has 1 aromatic rings. The highest BCUT2D eigenvalue weighted by Gasteiger charge is 2.43. The molecule has 2 atom stereocenters. The molecule has 0 radical (unpaired) electrons. The summed E-state index contributed by atoms with van der Waals surface area (Å²) in [7, 11) is 0. The zero-order chi connectivity index (χ0) is 11.1. The van der Waals surface area contributed by atoms with Crippen molar-refractivity contribution in [3.05, 3.63) is 16.6 Å². The van der Waals surface area contributed by atoms with Gasteiger partial charge in [-0.15, -0.1) is 11.3 Å². The molecule has 84 valence electrons. The molecule has 1 fully saturated rings. The predicted molar refractivity (Wildman–Crippen MR) is 64.8 cm³/mol. The van der Waals surface area contributed by atoms with Crippen LogP contribution in [0.2, 0.25) is 0 Å². The van der Waals surface area contributed by atoms with E-state index in [0.29, 0.717) is 11.3 Å². The van der Waals surface area contributed by atoms with E-state index in [1.54, 1.807) is 11.3 Å². The summed E-state index contributed by atoms with van der Waals surface area (Å²) < 4.78 is 0. The van der Waals surface area contributed by atoms with E-state index in [2.05, 4.69) is 25.8 Å². The summed E-state index contributed by atoms with van der Waals surface area (Å²) in [5.74, 6) is 0.521. The van der Waals surface area contributed by atoms with Gasteiger partial charge in [-0.1, -0.05) is 20.8 Å². The Morgan fingerprint density at radius 2 is 2.20 bits per heavy atom. The van der Waals surface area contributed by atoms with Gasteiger partial charge in [-0.3, -0.25) is 0 Å². The summed E-state index contributed by atoms with van der Waals surface area (Å²) in [5, 5.41) is 3.14. The van der Waals surface area contributed by atoms with Crippen molar-refractivity contribution in [2.45, 2.75) is 45.6 Å². The van der Waals surface area contributed by atoms with Gasteiger partial charge in [0.05, 0.1) is 5.54 Å². The lowest BCUT2D eigenvalue weighted by atomic mass is 9.64. The molecule has 2 rings (SSSR count). The van der Waals surface area contributed by atoms with Crippen LogP contribution in [0.15, 0.2) is 11.6 Å². The highest BCUT2D eigenvalue weighted by molar-refractivity contribution is 7.09. The third-order valence-corrected chi connectivity index (χ3v) is 4.75. The number of hydrogen-bond acceptors (Lipinski definition) is 3. The first-order chi connectivity index (χ1) is 6.94. The number of aromatic nitrogens is 1. The SMILES string of the molecule is CC1CC(C)(C)CCC1(N)c1nccs1. The Morgan fingerprint density at radius 3 is 2.73 bits per heavy atom. The van der Waals surface area contributed by atoms with E-state index >= 15 is 0 Å². The molecule has 0 aliphatic heterocycles. The van der Waals surface area contributed by atoms with E-state index < -0.39 is 0 Å². The van der Waals surface area contributed by atoms with Gasteiger partial charge in [-0.25, -0.2) is 4.98 Å². The monoisotopic (exact) mass is 224 g/mol. The van der Waals surface area contributed by atoms with E-state index in [-0.39, 0.29) is 5.54 Å². The maximum atomic E-state index is 6.54. The average Bonchev–Trinajstić information content (AvgIpc) is 2.64. The second kappa shape index (κ2) is 3.56. The molecule has 1 aromatic heterocycles. The van der Waals surface area contributed by atoms with Gasteiger partial charge in [0, 0.05) is 11.6 Å². The Balaban J connectivity index is 2.24. The second-order valence-corrected chi connectivity index (χ2v) is 6.54. The third kappa shape index (κ3) is 1.95. The molecule has 0 bridgehead atoms. The summed E-state index contributed by atoms with van der Waals surface area (Å²) >= 11 is 1.70. The van der Waals surface area contributed by atoms with Crippen LogP contribution >= 0.6 is 11.3 Å². The summed E-state index contributed by atoms with van der Waals surface area (Å²) in [5.41, 5.74) is 6.80. The van der Waals surface area contributed by atoms with Crippen LogP contribution in [0.25, 0.3) is 0 Å². The standard InChI is InChI=1S/C12H20N2S/c1-9-8-11(2,3)4-5-12(9,13)10-14-6-7-15-10/h6-7,9H,4-5,8,13H2,1-3H3. The maximum absolute atomic E-state index is 6.54. The fourth-order valence-corrected chi connectivity index (χ4v) is 3.57. The molecule has 1 heterocycles. The van der Waals surface area contributed by atoms with Crippen molar-refractivity contribution in [1.82, 2.24) is 4.98 Å². The topological polar surface area (TPSA) is 38.9 Å². The molecular formula is C12H20N2S. The Labute approximate surface area is 95.9 Å². The van der Waals surface area contributed by atoms with Crippen molar-refractivity contribution in [2.75, 3.05) is 0 Å². The van der Waals surface area contributed by atoms with Gasteiger partial charge in [0.2, 0.25) is 0 Å². The fourth-order valence-electron chi connectivity index (χ4n) is 2.68. The van der Waals surface area contributed by atoms with Crippen molar-refractivity contribution in [1.29, 1.82) is 0 Å². The van der Waals surface area contributed by atoms with Crippen LogP contribution in [-0.2, 0) is 5.54 Å². The van der Waals surface area contributed by atoms with Gasteiger partial charge in [-0.2, -0.15) is 0 Å². The van der Waals surface area contributed by atoms with Crippen molar-refractivity contribution >= 4 is 11.3 Å². The van der Waals surface area contributed by atoms with Gasteiger partial charge in [0.15, 0.2) is 0 Å². The van der Waals surface area contributed by atoms with Crippen LogP contribution < -0.4 is 5.73 Å². The predicted octanol–water partition coefficient (Wildman–Crippen LogP) is 3.14. The third-order valence-electron chi connectivity index (χ3n) is 3.78. The minimum atomic E-state index is -0.177. The smallest absolute Gasteiger partial charge is 0.113 e. The first kappa shape index (κ1) is 11.1. The van der Waals surface area contributed by atoms with E-state index in [1.165, 1.54) is 12.8 Å². The molecule has 3 heteroatoms. The zero-order valence-corrected chi connectivity index (χ0v) is 10.6. The van der Waals surface area contributed by atoms with E-state index in [0.717, 1.165) is 11.4 Å². The second-order valence-electron chi connectivity index (χ2n) is 5.65. The highest BCUT2D eigenvalue weighted by Crippen LogP contribution is 2.47. The number of rotatable bonds is 1. The summed E-state index contributed by atoms with van der Waals surface area (Å²) in [6, 6.07) is 0. The molecule has 1 aliphatic carbocycles. The van der Waals surface area contributed by atoms with Gasteiger partial charge in [0.1, 0.15) is 5.01 Å². The lowest BCUT2D eigenvalue weighted by Gasteiger charge is -2.45. The average molecular weight is 224 g/mol. The number of nitrogens with zero attached hydrogens (tertiary/aromatic N) is 1.